The van der Waals surface area contributed by atoms with E-state index in [4.69, 9.17) is 14.2 Å². The van der Waals surface area contributed by atoms with Crippen LogP contribution in [0.1, 0.15) is 57.2 Å². The number of aryl methyl sites for hydroxylation is 1. The van der Waals surface area contributed by atoms with Crippen LogP contribution in [0.3, 0.4) is 0 Å². The minimum Gasteiger partial charge on any atom is -0.497 e. The van der Waals surface area contributed by atoms with Crippen LogP contribution in [0.15, 0.2) is 118 Å². The normalized spacial score (nSPS) is 16.4. The Morgan fingerprint density at radius 1 is 1.00 bits per heavy atom. The van der Waals surface area contributed by atoms with Gasteiger partial charge in [0.15, 0.2) is 0 Å². The number of ether oxygens (including phenoxy) is 3. The zero-order valence-electron chi connectivity index (χ0n) is 30.7. The summed E-state index contributed by atoms with van der Waals surface area (Å²) in [6.45, 7) is 1.79. The Hall–Kier alpha value is -5.54. The van der Waals surface area contributed by atoms with E-state index in [1.165, 1.54) is 52.3 Å². The summed E-state index contributed by atoms with van der Waals surface area (Å²) in [6.07, 6.45) is 1.61. The van der Waals surface area contributed by atoms with Gasteiger partial charge in [0.2, 0.25) is 0 Å². The smallest absolute Gasteiger partial charge is 0.333 e. The molecular weight excluding hydrogens is 725 g/mol. The van der Waals surface area contributed by atoms with Crippen LogP contribution in [-0.4, -0.2) is 57.7 Å². The molecule has 0 spiro atoms. The zero-order chi connectivity index (χ0) is 39.1. The van der Waals surface area contributed by atoms with Crippen LogP contribution < -0.4 is 21.3 Å². The predicted molar refractivity (Wildman–Crippen MR) is 208 cm³/mol. The molecule has 1 unspecified atom stereocenters. The average molecular weight is 767 g/mol. The monoisotopic (exact) mass is 766 g/mol. The maximum Gasteiger partial charge on any atom is 0.333 e. The summed E-state index contributed by atoms with van der Waals surface area (Å²) < 4.78 is 21.6. The lowest BCUT2D eigenvalue weighted by molar-refractivity contribution is -0.385. The molecule has 14 heteroatoms. The number of hydrogen-bond donors (Lipinski definition) is 2. The van der Waals surface area contributed by atoms with Gasteiger partial charge < -0.3 is 24.6 Å². The van der Waals surface area contributed by atoms with Crippen LogP contribution in [0.25, 0.3) is 0 Å². The maximum absolute atomic E-state index is 13.8. The molecule has 3 atom stereocenters. The second-order valence-corrected chi connectivity index (χ2v) is 14.2. The van der Waals surface area contributed by atoms with Crippen molar-refractivity contribution in [2.24, 2.45) is 0 Å². The lowest BCUT2D eigenvalue weighted by Gasteiger charge is -2.37. The van der Waals surface area contributed by atoms with Crippen molar-refractivity contribution in [3.05, 3.63) is 168 Å². The molecule has 2 heterocycles. The molecule has 4 aromatic carbocycles. The molecule has 55 heavy (non-hydrogen) atoms. The lowest BCUT2D eigenvalue weighted by atomic mass is 9.79. The molecule has 1 saturated heterocycles. The molecule has 1 aliphatic heterocycles. The van der Waals surface area contributed by atoms with Gasteiger partial charge in [0.25, 0.3) is 17.2 Å². The van der Waals surface area contributed by atoms with E-state index in [2.05, 4.69) is 5.32 Å². The van der Waals surface area contributed by atoms with Crippen molar-refractivity contribution in [3.63, 3.8) is 0 Å². The number of methoxy groups -OCH3 is 1. The van der Waals surface area contributed by atoms with Crippen LogP contribution in [0.5, 0.6) is 5.75 Å². The number of thioether (sulfide) groups is 1. The largest absolute Gasteiger partial charge is 0.497 e. The molecule has 2 N–H and O–H groups in total. The van der Waals surface area contributed by atoms with Gasteiger partial charge in [-0.1, -0.05) is 66.7 Å². The highest BCUT2D eigenvalue weighted by atomic mass is 32.2. The number of rotatable bonds is 15. The van der Waals surface area contributed by atoms with Gasteiger partial charge >= 0.3 is 5.69 Å². The number of carbonyl (C=O) groups is 1. The first-order chi connectivity index (χ1) is 26.6. The third-order valence-corrected chi connectivity index (χ3v) is 10.7. The van der Waals surface area contributed by atoms with E-state index in [1.807, 2.05) is 78.9 Å². The van der Waals surface area contributed by atoms with Crippen molar-refractivity contribution in [1.82, 2.24) is 14.5 Å². The number of nitrogens with one attached hydrogen (secondary N) is 1. The van der Waals surface area contributed by atoms with Gasteiger partial charge in [0.1, 0.15) is 23.1 Å². The Balaban J connectivity index is 1.23. The molecule has 0 aliphatic carbocycles. The summed E-state index contributed by atoms with van der Waals surface area (Å²) in [4.78, 5) is 50.7. The van der Waals surface area contributed by atoms with Crippen LogP contribution in [0.4, 0.5) is 5.69 Å². The van der Waals surface area contributed by atoms with E-state index in [9.17, 15) is 29.6 Å². The fraction of sp³-hybridized carbons (Fsp3) is 0.293. The lowest BCUT2D eigenvalue weighted by Crippen LogP contribution is -2.42. The van der Waals surface area contributed by atoms with Gasteiger partial charge in [-0.2, -0.15) is 0 Å². The number of hydrogen-bond acceptors (Lipinski definition) is 10. The first-order valence-corrected chi connectivity index (χ1v) is 18.7. The van der Waals surface area contributed by atoms with E-state index in [0.29, 0.717) is 29.1 Å². The molecule has 6 rings (SSSR count). The summed E-state index contributed by atoms with van der Waals surface area (Å²) >= 11 is 1.27. The van der Waals surface area contributed by atoms with Crippen molar-refractivity contribution in [1.29, 1.82) is 0 Å². The second kappa shape index (κ2) is 17.3. The summed E-state index contributed by atoms with van der Waals surface area (Å²) in [6, 6.07) is 29.5. The molecule has 0 bridgehead atoms. The molecule has 286 valence electrons. The molecule has 5 aromatic rings. The van der Waals surface area contributed by atoms with E-state index in [1.54, 1.807) is 14.0 Å². The maximum atomic E-state index is 13.8. The first kappa shape index (κ1) is 39.2. The zero-order valence-corrected chi connectivity index (χ0v) is 31.5. The van der Waals surface area contributed by atoms with Crippen molar-refractivity contribution < 1.29 is 29.0 Å². The molecular formula is C41H42N4O9S. The molecule has 0 saturated carbocycles. The summed E-state index contributed by atoms with van der Waals surface area (Å²) in [5.74, 6) is 0.401. The average Bonchev–Trinajstić information content (AvgIpc) is 3.70. The van der Waals surface area contributed by atoms with E-state index in [0.717, 1.165) is 22.3 Å². The van der Waals surface area contributed by atoms with E-state index >= 15 is 0 Å². The Bertz CT molecular complexity index is 2210. The molecule has 0 radical (unpaired) electrons. The van der Waals surface area contributed by atoms with Gasteiger partial charge in [-0.05, 0) is 66.3 Å². The molecule has 1 aromatic heterocycles. The minimum atomic E-state index is -1.06. The van der Waals surface area contributed by atoms with Crippen LogP contribution in [0.2, 0.25) is 0 Å². The standard InChI is InChI=1S/C41H42N4O9S/c1-27-24-44(40(49)43(39(27)48)21-22-55-34-18-19-36(45(50)51)35(23-34)38(47)42-2)37-20-17-33(54-37)26-53-41(29-7-5-4-6-8-29,30-11-9-28(25-46)10-12-30)31-13-15-32(52-3)16-14-31/h4-16,18-19,23-24,33,37,46H,17,20-22,25-26H2,1-3H3,(H,42,47)/t33-,37+,41?/m0/s1. The van der Waals surface area contributed by atoms with Crippen molar-refractivity contribution >= 4 is 23.4 Å². The second-order valence-electron chi connectivity index (χ2n) is 13.1. The molecule has 1 amide bonds. The van der Waals surface area contributed by atoms with E-state index < -0.39 is 33.9 Å². The number of carbonyl (C=O) groups excluding carboxylic acids is 1. The van der Waals surface area contributed by atoms with Gasteiger partial charge in [0.05, 0.1) is 31.4 Å². The highest BCUT2D eigenvalue weighted by Gasteiger charge is 2.40. The Morgan fingerprint density at radius 2 is 1.67 bits per heavy atom. The van der Waals surface area contributed by atoms with Crippen LogP contribution >= 0.6 is 11.8 Å². The third-order valence-electron chi connectivity index (χ3n) is 9.69. The number of aliphatic hydroxyl groups is 1. The van der Waals surface area contributed by atoms with E-state index in [-0.39, 0.29) is 42.9 Å². The van der Waals surface area contributed by atoms with Gasteiger partial charge in [-0.15, -0.1) is 11.8 Å². The predicted octanol–water partition coefficient (Wildman–Crippen LogP) is 5.57. The summed E-state index contributed by atoms with van der Waals surface area (Å²) in [5, 5.41) is 23.6. The fourth-order valence-electron chi connectivity index (χ4n) is 6.82. The number of aliphatic hydroxyl groups excluding tert-OH is 1. The number of amides is 1. The Labute approximate surface area is 321 Å². The first-order valence-electron chi connectivity index (χ1n) is 17.7. The fourth-order valence-corrected chi connectivity index (χ4v) is 7.70. The van der Waals surface area contributed by atoms with Gasteiger partial charge in [-0.25, -0.2) is 4.79 Å². The topological polar surface area (TPSA) is 164 Å². The number of aromatic nitrogens is 2. The molecule has 1 aliphatic rings. The molecule has 13 nitrogen and oxygen atoms in total. The summed E-state index contributed by atoms with van der Waals surface area (Å²) in [7, 11) is 3.01. The van der Waals surface area contributed by atoms with Crippen LogP contribution in [-0.2, 0) is 28.2 Å². The van der Waals surface area contributed by atoms with Crippen molar-refractivity contribution in [2.45, 2.75) is 55.7 Å². The summed E-state index contributed by atoms with van der Waals surface area (Å²) in [5.41, 5.74) is 1.36. The van der Waals surface area contributed by atoms with Gasteiger partial charge in [0, 0.05) is 42.1 Å². The number of nitrogens with zero attached hydrogens (tertiary/aromatic N) is 3. The van der Waals surface area contributed by atoms with Crippen LogP contribution in [0, 0.1) is 17.0 Å². The van der Waals surface area contributed by atoms with Crippen molar-refractivity contribution in [2.75, 3.05) is 26.5 Å². The Kier molecular flexibility index (Phi) is 12.3. The quantitative estimate of drug-likeness (QED) is 0.0597. The number of nitro groups is 1. The Morgan fingerprint density at radius 3 is 2.31 bits per heavy atom. The van der Waals surface area contributed by atoms with Crippen molar-refractivity contribution in [3.8, 4) is 5.75 Å². The highest BCUT2D eigenvalue weighted by Crippen LogP contribution is 2.42. The highest BCUT2D eigenvalue weighted by molar-refractivity contribution is 7.99. The molecule has 1 fully saturated rings. The van der Waals surface area contributed by atoms with Gasteiger partial charge in [-0.3, -0.25) is 28.8 Å². The minimum absolute atomic E-state index is 0.0616. The third kappa shape index (κ3) is 8.27. The SMILES string of the molecule is CNC(=O)c1cc(SCCn2c(=O)c(C)cn([C@H]3CC[C@@H](COC(c4ccccc4)(c4ccc(CO)cc4)c4ccc(OC)cc4)O3)c2=O)ccc1[N+](=O)[O-]. The number of nitro benzene ring substituents is 1. The number of benzene rings is 4.